The number of amides is 1. The summed E-state index contributed by atoms with van der Waals surface area (Å²) in [5, 5.41) is 9.33. The van der Waals surface area contributed by atoms with Crippen molar-refractivity contribution in [2.45, 2.75) is 25.3 Å². The van der Waals surface area contributed by atoms with Crippen LogP contribution in [-0.4, -0.2) is 65.5 Å². The number of rotatable bonds is 4. The molecule has 4 aromatic rings. The van der Waals surface area contributed by atoms with Gasteiger partial charge in [-0.05, 0) is 56.8 Å². The Kier molecular flexibility index (Phi) is 5.65. The van der Waals surface area contributed by atoms with E-state index >= 15 is 0 Å². The molecule has 0 aliphatic carbocycles. The highest BCUT2D eigenvalue weighted by atomic mass is 16.2. The number of hydrogen-bond donors (Lipinski definition) is 0. The molecule has 6 rings (SSSR count). The largest absolute Gasteiger partial charge is 0.353 e. The Hall–Kier alpha value is -4.22. The summed E-state index contributed by atoms with van der Waals surface area (Å²) >= 11 is 0. The van der Waals surface area contributed by atoms with E-state index in [2.05, 4.69) is 46.5 Å². The summed E-state index contributed by atoms with van der Waals surface area (Å²) < 4.78 is 2.12. The lowest BCUT2D eigenvalue weighted by molar-refractivity contribution is -0.117. The number of imidazole rings is 1. The predicted molar refractivity (Wildman–Crippen MR) is 145 cm³/mol. The maximum absolute atomic E-state index is 12.3. The molecule has 0 bridgehead atoms. The van der Waals surface area contributed by atoms with Gasteiger partial charge in [0.15, 0.2) is 11.5 Å². The highest BCUT2D eigenvalue weighted by molar-refractivity contribution is 6.01. The highest BCUT2D eigenvalue weighted by Crippen LogP contribution is 2.38. The number of piperidine rings is 1. The quantitative estimate of drug-likeness (QED) is 0.430. The molecule has 2 aliphatic rings. The number of benzene rings is 2. The van der Waals surface area contributed by atoms with Crippen LogP contribution >= 0.6 is 0 Å². The van der Waals surface area contributed by atoms with E-state index in [1.165, 1.54) is 0 Å². The van der Waals surface area contributed by atoms with Gasteiger partial charge in [-0.3, -0.25) is 9.20 Å². The Morgan fingerprint density at radius 1 is 1.05 bits per heavy atom. The number of carbonyl (C=O) groups is 1. The third-order valence-electron chi connectivity index (χ3n) is 7.74. The van der Waals surface area contributed by atoms with Gasteiger partial charge in [-0.2, -0.15) is 5.26 Å². The zero-order valence-electron chi connectivity index (χ0n) is 21.3. The van der Waals surface area contributed by atoms with Crippen molar-refractivity contribution >= 4 is 23.1 Å². The average molecular weight is 492 g/mol. The van der Waals surface area contributed by atoms with Gasteiger partial charge in [0, 0.05) is 55.4 Å². The molecule has 2 aliphatic heterocycles. The smallest absolute Gasteiger partial charge is 0.231 e. The Bertz CT molecular complexity index is 1540. The fourth-order valence-electron chi connectivity index (χ4n) is 5.58. The van der Waals surface area contributed by atoms with E-state index in [0.717, 1.165) is 71.2 Å². The zero-order valence-corrected chi connectivity index (χ0v) is 21.3. The summed E-state index contributed by atoms with van der Waals surface area (Å²) in [6, 6.07) is 16.5. The topological polar surface area (TPSA) is 80.8 Å². The molecule has 8 nitrogen and oxygen atoms in total. The maximum Gasteiger partial charge on any atom is 0.231 e. The average Bonchev–Trinajstić information content (AvgIpc) is 3.52. The number of anilines is 2. The number of hydrogen-bond acceptors (Lipinski definition) is 6. The van der Waals surface area contributed by atoms with E-state index in [-0.39, 0.29) is 5.91 Å². The molecular formula is C29H29N7O. The lowest BCUT2D eigenvalue weighted by Crippen LogP contribution is -2.42. The van der Waals surface area contributed by atoms with Crippen LogP contribution < -0.4 is 9.80 Å². The van der Waals surface area contributed by atoms with Crippen molar-refractivity contribution in [1.29, 1.82) is 5.26 Å². The third kappa shape index (κ3) is 3.92. The number of nitriles is 1. The molecule has 0 saturated carbocycles. The zero-order chi connectivity index (χ0) is 25.7. The number of aromatic nitrogens is 3. The van der Waals surface area contributed by atoms with Gasteiger partial charge in [0.2, 0.25) is 5.91 Å². The molecule has 0 atom stereocenters. The standard InChI is InChI=1S/C29H29N7O/c1-33(2)23-10-13-35(14-11-23)29-28-31-12-15-36(28)27(26(32-29)20-6-4-19(18-30)5-7-20)21-8-9-24-22(16-21)17-25(37)34(24)3/h4-9,12,15-16,23H,10-11,13-14,17H2,1-3H3. The van der Waals surface area contributed by atoms with Crippen molar-refractivity contribution in [2.75, 3.05) is 44.0 Å². The second kappa shape index (κ2) is 9.02. The first kappa shape index (κ1) is 23.2. The number of likely N-dealkylation sites (N-methyl/N-ethyl adjacent to an activating group) is 1. The molecule has 0 radical (unpaired) electrons. The van der Waals surface area contributed by atoms with Crippen molar-refractivity contribution in [3.63, 3.8) is 0 Å². The molecule has 4 heterocycles. The summed E-state index contributed by atoms with van der Waals surface area (Å²) in [6.45, 7) is 1.83. The number of fused-ring (bicyclic) bond motifs is 2. The van der Waals surface area contributed by atoms with Gasteiger partial charge in [-0.1, -0.05) is 18.2 Å². The monoisotopic (exact) mass is 491 g/mol. The van der Waals surface area contributed by atoms with Gasteiger partial charge in [0.25, 0.3) is 0 Å². The van der Waals surface area contributed by atoms with Crippen LogP contribution in [0.4, 0.5) is 11.5 Å². The minimum atomic E-state index is 0.0989. The van der Waals surface area contributed by atoms with E-state index in [9.17, 15) is 10.1 Å². The molecule has 0 unspecified atom stereocenters. The first-order valence-electron chi connectivity index (χ1n) is 12.6. The van der Waals surface area contributed by atoms with Gasteiger partial charge in [0.1, 0.15) is 0 Å². The van der Waals surface area contributed by atoms with Crippen LogP contribution in [0.25, 0.3) is 28.2 Å². The first-order chi connectivity index (χ1) is 17.9. The van der Waals surface area contributed by atoms with Crippen LogP contribution in [0.15, 0.2) is 54.9 Å². The van der Waals surface area contributed by atoms with Gasteiger partial charge >= 0.3 is 0 Å². The van der Waals surface area contributed by atoms with Gasteiger partial charge in [-0.15, -0.1) is 0 Å². The molecule has 37 heavy (non-hydrogen) atoms. The van der Waals surface area contributed by atoms with E-state index in [0.29, 0.717) is 18.0 Å². The minimum absolute atomic E-state index is 0.0989. The minimum Gasteiger partial charge on any atom is -0.353 e. The van der Waals surface area contributed by atoms with Crippen LogP contribution in [0.2, 0.25) is 0 Å². The molecule has 186 valence electrons. The molecule has 1 fully saturated rings. The van der Waals surface area contributed by atoms with E-state index in [1.807, 2.05) is 49.8 Å². The Morgan fingerprint density at radius 2 is 1.78 bits per heavy atom. The van der Waals surface area contributed by atoms with Crippen molar-refractivity contribution in [1.82, 2.24) is 19.3 Å². The van der Waals surface area contributed by atoms with Gasteiger partial charge in [0.05, 0.1) is 29.4 Å². The molecule has 1 amide bonds. The van der Waals surface area contributed by atoms with Crippen molar-refractivity contribution in [3.05, 3.63) is 66.0 Å². The normalized spacial score (nSPS) is 16.0. The Morgan fingerprint density at radius 3 is 2.49 bits per heavy atom. The fourth-order valence-corrected chi connectivity index (χ4v) is 5.58. The number of nitrogens with zero attached hydrogens (tertiary/aromatic N) is 7. The Labute approximate surface area is 216 Å². The SMILES string of the molecule is CN1C(=O)Cc2cc(-c3c(-c4ccc(C#N)cc4)nc(N4CCC(N(C)C)CC4)c4nccn34)ccc21. The fraction of sp³-hybridized carbons (Fsp3) is 0.310. The summed E-state index contributed by atoms with van der Waals surface area (Å²) in [4.78, 5) is 28.7. The number of carbonyl (C=O) groups excluding carboxylic acids is 1. The van der Waals surface area contributed by atoms with E-state index < -0.39 is 0 Å². The molecule has 2 aromatic carbocycles. The van der Waals surface area contributed by atoms with Crippen molar-refractivity contribution in [3.8, 4) is 28.6 Å². The van der Waals surface area contributed by atoms with Crippen LogP contribution in [0, 0.1) is 11.3 Å². The first-order valence-corrected chi connectivity index (χ1v) is 12.6. The van der Waals surface area contributed by atoms with E-state index in [1.54, 1.807) is 4.90 Å². The van der Waals surface area contributed by atoms with Crippen LogP contribution in [0.3, 0.4) is 0 Å². The molecule has 2 aromatic heterocycles. The van der Waals surface area contributed by atoms with Crippen LogP contribution in [0.1, 0.15) is 24.0 Å². The van der Waals surface area contributed by atoms with Crippen LogP contribution in [0.5, 0.6) is 0 Å². The van der Waals surface area contributed by atoms with Crippen molar-refractivity contribution in [2.24, 2.45) is 0 Å². The Balaban J connectivity index is 1.53. The molecule has 8 heteroatoms. The molecular weight excluding hydrogens is 462 g/mol. The molecule has 0 N–H and O–H groups in total. The van der Waals surface area contributed by atoms with E-state index in [4.69, 9.17) is 9.97 Å². The maximum atomic E-state index is 12.3. The third-order valence-corrected chi connectivity index (χ3v) is 7.74. The summed E-state index contributed by atoms with van der Waals surface area (Å²) in [7, 11) is 6.11. The van der Waals surface area contributed by atoms with Crippen LogP contribution in [-0.2, 0) is 11.2 Å². The van der Waals surface area contributed by atoms with Crippen molar-refractivity contribution < 1.29 is 4.79 Å². The molecule has 1 saturated heterocycles. The second-order valence-electron chi connectivity index (χ2n) is 10.1. The molecule has 0 spiro atoms. The van der Waals surface area contributed by atoms with Gasteiger partial charge in [-0.25, -0.2) is 9.97 Å². The lowest BCUT2D eigenvalue weighted by Gasteiger charge is -2.36. The predicted octanol–water partition coefficient (Wildman–Crippen LogP) is 3.98. The lowest BCUT2D eigenvalue weighted by atomic mass is 10.00. The summed E-state index contributed by atoms with van der Waals surface area (Å²) in [6.07, 6.45) is 6.35. The van der Waals surface area contributed by atoms with Gasteiger partial charge < -0.3 is 14.7 Å². The second-order valence-corrected chi connectivity index (χ2v) is 10.1. The highest BCUT2D eigenvalue weighted by Gasteiger charge is 2.28. The summed E-state index contributed by atoms with van der Waals surface area (Å²) in [5.41, 5.74) is 7.06. The summed E-state index contributed by atoms with van der Waals surface area (Å²) in [5.74, 6) is 0.975.